The summed E-state index contributed by atoms with van der Waals surface area (Å²) >= 11 is 0. The summed E-state index contributed by atoms with van der Waals surface area (Å²) < 4.78 is 11.7. The highest BCUT2D eigenvalue weighted by atomic mass is 16.5. The summed E-state index contributed by atoms with van der Waals surface area (Å²) in [4.78, 5) is 38.9. The Kier molecular flexibility index (Phi) is 5.48. The second-order valence-electron chi connectivity index (χ2n) is 7.82. The van der Waals surface area contributed by atoms with Crippen LogP contribution in [0.1, 0.15) is 41.1 Å². The van der Waals surface area contributed by atoms with E-state index < -0.39 is 5.60 Å². The summed E-state index contributed by atoms with van der Waals surface area (Å²) in [5.41, 5.74) is -0.177. The fourth-order valence-electron chi connectivity index (χ4n) is 3.87. The Morgan fingerprint density at radius 1 is 1.20 bits per heavy atom. The summed E-state index contributed by atoms with van der Waals surface area (Å²) in [5, 5.41) is 5.70. The van der Waals surface area contributed by atoms with Gasteiger partial charge in [0.05, 0.1) is 25.2 Å². The zero-order valence-electron chi connectivity index (χ0n) is 16.9. The van der Waals surface area contributed by atoms with Gasteiger partial charge in [-0.3, -0.25) is 14.4 Å². The first-order chi connectivity index (χ1) is 14.4. The number of benzene rings is 1. The average Bonchev–Trinajstić information content (AvgIpc) is 3.03. The molecule has 1 spiro atoms. The van der Waals surface area contributed by atoms with Gasteiger partial charge in [-0.2, -0.15) is 0 Å². The summed E-state index contributed by atoms with van der Waals surface area (Å²) in [6.45, 7) is 2.81. The second kappa shape index (κ2) is 8.22. The van der Waals surface area contributed by atoms with Crippen LogP contribution in [0.5, 0.6) is 5.75 Å². The van der Waals surface area contributed by atoms with E-state index in [-0.39, 0.29) is 37.2 Å². The van der Waals surface area contributed by atoms with Gasteiger partial charge in [0.25, 0.3) is 5.91 Å². The van der Waals surface area contributed by atoms with Crippen LogP contribution in [0, 0.1) is 6.92 Å². The zero-order chi connectivity index (χ0) is 21.1. The third kappa shape index (κ3) is 4.32. The first-order valence-electron chi connectivity index (χ1n) is 10.1. The topological polar surface area (TPSA) is 101 Å². The SMILES string of the molecule is Cc1ccc(CNC(=O)CN2CC[C@]3(CCC2=O)CNC(=O)c2ccccc2O3)o1. The molecule has 3 amide bonds. The highest BCUT2D eigenvalue weighted by molar-refractivity contribution is 5.97. The van der Waals surface area contributed by atoms with Crippen molar-refractivity contribution in [3.63, 3.8) is 0 Å². The number of hydrogen-bond donors (Lipinski definition) is 2. The number of likely N-dealkylation sites (tertiary alicyclic amines) is 1. The molecule has 0 saturated carbocycles. The molecule has 2 aliphatic heterocycles. The molecule has 1 aromatic heterocycles. The number of carbonyl (C=O) groups excluding carboxylic acids is 3. The molecular formula is C22H25N3O5. The Morgan fingerprint density at radius 3 is 2.83 bits per heavy atom. The molecule has 4 rings (SSSR count). The van der Waals surface area contributed by atoms with Crippen LogP contribution in [0.4, 0.5) is 0 Å². The van der Waals surface area contributed by atoms with Gasteiger partial charge in [-0.05, 0) is 37.6 Å². The van der Waals surface area contributed by atoms with Crippen LogP contribution in [0.25, 0.3) is 0 Å². The summed E-state index contributed by atoms with van der Waals surface area (Å²) in [6.07, 6.45) is 1.25. The van der Waals surface area contributed by atoms with Crippen LogP contribution in [0.3, 0.4) is 0 Å². The molecule has 2 N–H and O–H groups in total. The molecule has 1 aromatic carbocycles. The van der Waals surface area contributed by atoms with Crippen molar-refractivity contribution in [2.75, 3.05) is 19.6 Å². The molecule has 0 aliphatic carbocycles. The highest BCUT2D eigenvalue weighted by Gasteiger charge is 2.40. The maximum absolute atomic E-state index is 12.6. The van der Waals surface area contributed by atoms with E-state index in [0.717, 1.165) is 5.76 Å². The van der Waals surface area contributed by atoms with E-state index in [1.807, 2.05) is 25.1 Å². The molecule has 1 atom stereocenters. The van der Waals surface area contributed by atoms with Crippen molar-refractivity contribution in [3.05, 3.63) is 53.5 Å². The Balaban J connectivity index is 1.39. The monoisotopic (exact) mass is 411 g/mol. The van der Waals surface area contributed by atoms with Crippen molar-refractivity contribution < 1.29 is 23.5 Å². The Hall–Kier alpha value is -3.29. The van der Waals surface area contributed by atoms with E-state index in [0.29, 0.717) is 43.0 Å². The summed E-state index contributed by atoms with van der Waals surface area (Å²) in [7, 11) is 0. The van der Waals surface area contributed by atoms with Crippen molar-refractivity contribution in [1.82, 2.24) is 15.5 Å². The highest BCUT2D eigenvalue weighted by Crippen LogP contribution is 2.33. The number of aryl methyl sites for hydroxylation is 1. The van der Waals surface area contributed by atoms with E-state index in [2.05, 4.69) is 10.6 Å². The van der Waals surface area contributed by atoms with E-state index in [1.54, 1.807) is 23.1 Å². The van der Waals surface area contributed by atoms with E-state index in [1.165, 1.54) is 0 Å². The molecular weight excluding hydrogens is 386 g/mol. The zero-order valence-corrected chi connectivity index (χ0v) is 16.9. The molecule has 3 heterocycles. The summed E-state index contributed by atoms with van der Waals surface area (Å²) in [6, 6.07) is 10.8. The van der Waals surface area contributed by atoms with Gasteiger partial charge in [0.15, 0.2) is 0 Å². The van der Waals surface area contributed by atoms with Crippen molar-refractivity contribution >= 4 is 17.7 Å². The molecule has 1 fully saturated rings. The van der Waals surface area contributed by atoms with Crippen LogP contribution in [-0.2, 0) is 16.1 Å². The lowest BCUT2D eigenvalue weighted by Crippen LogP contribution is -2.46. The molecule has 2 aromatic rings. The maximum Gasteiger partial charge on any atom is 0.255 e. The Morgan fingerprint density at radius 2 is 2.03 bits per heavy atom. The number of ether oxygens (including phenoxy) is 1. The largest absolute Gasteiger partial charge is 0.485 e. The van der Waals surface area contributed by atoms with Crippen LogP contribution in [0.2, 0.25) is 0 Å². The fraction of sp³-hybridized carbons (Fsp3) is 0.409. The molecule has 30 heavy (non-hydrogen) atoms. The lowest BCUT2D eigenvalue weighted by atomic mass is 9.94. The quantitative estimate of drug-likeness (QED) is 0.799. The van der Waals surface area contributed by atoms with E-state index >= 15 is 0 Å². The number of hydrogen-bond acceptors (Lipinski definition) is 5. The van der Waals surface area contributed by atoms with Crippen molar-refractivity contribution in [2.45, 2.75) is 38.3 Å². The minimum absolute atomic E-state index is 0.0163. The van der Waals surface area contributed by atoms with Crippen LogP contribution < -0.4 is 15.4 Å². The van der Waals surface area contributed by atoms with Crippen LogP contribution in [-0.4, -0.2) is 47.9 Å². The van der Waals surface area contributed by atoms with Gasteiger partial charge in [-0.1, -0.05) is 12.1 Å². The van der Waals surface area contributed by atoms with Crippen LogP contribution >= 0.6 is 0 Å². The van der Waals surface area contributed by atoms with Crippen molar-refractivity contribution in [2.24, 2.45) is 0 Å². The standard InChI is InChI=1S/C22H25N3O5/c1-15-6-7-16(29-15)12-23-19(26)13-25-11-10-22(9-8-20(25)27)14-24-21(28)17-4-2-3-5-18(17)30-22/h2-7H,8-14H2,1H3,(H,23,26)(H,24,28)/t22-/m1/s1. The molecule has 8 nitrogen and oxygen atoms in total. The predicted molar refractivity (Wildman–Crippen MR) is 108 cm³/mol. The van der Waals surface area contributed by atoms with Gasteiger partial charge >= 0.3 is 0 Å². The fourth-order valence-corrected chi connectivity index (χ4v) is 3.87. The molecule has 2 aliphatic rings. The molecule has 1 saturated heterocycles. The second-order valence-corrected chi connectivity index (χ2v) is 7.82. The Bertz CT molecular complexity index is 969. The minimum Gasteiger partial charge on any atom is -0.485 e. The van der Waals surface area contributed by atoms with Crippen LogP contribution in [0.15, 0.2) is 40.8 Å². The predicted octanol–water partition coefficient (Wildman–Crippen LogP) is 1.78. The van der Waals surface area contributed by atoms with Gasteiger partial charge in [0.1, 0.15) is 22.9 Å². The maximum atomic E-state index is 12.6. The molecule has 8 heteroatoms. The summed E-state index contributed by atoms with van der Waals surface area (Å²) in [5.74, 6) is 1.46. The third-order valence-corrected chi connectivity index (χ3v) is 5.60. The Labute approximate surface area is 174 Å². The van der Waals surface area contributed by atoms with Crippen molar-refractivity contribution in [1.29, 1.82) is 0 Å². The van der Waals surface area contributed by atoms with Gasteiger partial charge in [0.2, 0.25) is 11.8 Å². The molecule has 0 unspecified atom stereocenters. The normalized spacial score (nSPS) is 21.3. The van der Waals surface area contributed by atoms with E-state index in [4.69, 9.17) is 9.15 Å². The molecule has 158 valence electrons. The number of para-hydroxylation sites is 1. The third-order valence-electron chi connectivity index (χ3n) is 5.60. The minimum atomic E-state index is -0.672. The number of amides is 3. The van der Waals surface area contributed by atoms with Crippen molar-refractivity contribution in [3.8, 4) is 5.75 Å². The number of nitrogens with zero attached hydrogens (tertiary/aromatic N) is 1. The van der Waals surface area contributed by atoms with Gasteiger partial charge < -0.3 is 24.7 Å². The van der Waals surface area contributed by atoms with Gasteiger partial charge in [-0.15, -0.1) is 0 Å². The number of rotatable bonds is 4. The number of furan rings is 1. The smallest absolute Gasteiger partial charge is 0.255 e. The first kappa shape index (κ1) is 20.0. The lowest BCUT2D eigenvalue weighted by molar-refractivity contribution is -0.135. The number of fused-ring (bicyclic) bond motifs is 1. The number of nitrogens with one attached hydrogen (secondary N) is 2. The number of carbonyl (C=O) groups is 3. The average molecular weight is 411 g/mol. The lowest BCUT2D eigenvalue weighted by Gasteiger charge is -2.32. The van der Waals surface area contributed by atoms with Gasteiger partial charge in [-0.25, -0.2) is 0 Å². The molecule has 0 bridgehead atoms. The van der Waals surface area contributed by atoms with Gasteiger partial charge in [0, 0.05) is 19.4 Å². The first-order valence-corrected chi connectivity index (χ1v) is 10.1. The molecule has 0 radical (unpaired) electrons. The van der Waals surface area contributed by atoms with E-state index in [9.17, 15) is 14.4 Å².